The molecule has 0 saturated carbocycles. The van der Waals surface area contributed by atoms with Crippen LogP contribution in [0, 0.1) is 6.92 Å². The summed E-state index contributed by atoms with van der Waals surface area (Å²) in [6.07, 6.45) is 0.919. The highest BCUT2D eigenvalue weighted by Crippen LogP contribution is 2.34. The molecule has 4 aromatic rings. The Bertz CT molecular complexity index is 1780. The summed E-state index contributed by atoms with van der Waals surface area (Å²) in [5, 5.41) is 2.95. The third kappa shape index (κ3) is 8.86. The molecule has 0 aliphatic heterocycles. The third-order valence-electron chi connectivity index (χ3n) is 7.85. The van der Waals surface area contributed by atoms with Crippen LogP contribution in [-0.4, -0.2) is 65.6 Å². The van der Waals surface area contributed by atoms with Crippen molar-refractivity contribution in [2.24, 2.45) is 0 Å². The average molecular weight is 674 g/mol. The van der Waals surface area contributed by atoms with Gasteiger partial charge in [0, 0.05) is 25.6 Å². The van der Waals surface area contributed by atoms with Crippen LogP contribution in [0.2, 0.25) is 0 Å². The average Bonchev–Trinajstić information content (AvgIpc) is 3.11. The Morgan fingerprint density at radius 3 is 2.12 bits per heavy atom. The van der Waals surface area contributed by atoms with Crippen LogP contribution >= 0.6 is 0 Å². The third-order valence-corrected chi connectivity index (χ3v) is 9.64. The predicted molar refractivity (Wildman–Crippen MR) is 186 cm³/mol. The first-order valence-electron chi connectivity index (χ1n) is 15.7. The second kappa shape index (κ2) is 16.7. The first kappa shape index (κ1) is 35.8. The van der Waals surface area contributed by atoms with E-state index in [4.69, 9.17) is 14.2 Å². The molecule has 11 heteroatoms. The number of ether oxygens (including phenoxy) is 3. The molecule has 0 unspecified atom stereocenters. The van der Waals surface area contributed by atoms with Crippen molar-refractivity contribution in [3.8, 4) is 17.2 Å². The number of nitrogens with zero attached hydrogens (tertiary/aromatic N) is 2. The standard InChI is InChI=1S/C37H43N3O7S/c1-6-21-38-37(42)33(23-28-11-8-7-9-12-28)39(25-29-13-10-14-31(22-29)45-3)36(41)26-40(30-17-20-34(46-4)35(24-30)47-5)48(43,44)32-18-15-27(2)16-19-32/h7-20,22,24,33H,6,21,23,25-26H2,1-5H3,(H,38,42)/t33-/m0/s1. The van der Waals surface area contributed by atoms with Crippen molar-refractivity contribution in [1.82, 2.24) is 10.2 Å². The zero-order valence-corrected chi connectivity index (χ0v) is 28.8. The number of hydrogen-bond donors (Lipinski definition) is 1. The van der Waals surface area contributed by atoms with E-state index in [0.29, 0.717) is 35.8 Å². The van der Waals surface area contributed by atoms with Gasteiger partial charge in [-0.3, -0.25) is 13.9 Å². The molecule has 48 heavy (non-hydrogen) atoms. The number of amides is 2. The van der Waals surface area contributed by atoms with Gasteiger partial charge in [-0.05, 0) is 60.9 Å². The highest BCUT2D eigenvalue weighted by molar-refractivity contribution is 7.92. The maximum Gasteiger partial charge on any atom is 0.264 e. The monoisotopic (exact) mass is 673 g/mol. The quantitative estimate of drug-likeness (QED) is 0.170. The minimum Gasteiger partial charge on any atom is -0.497 e. The summed E-state index contributed by atoms with van der Waals surface area (Å²) in [6, 6.07) is 26.8. The maximum atomic E-state index is 14.7. The smallest absolute Gasteiger partial charge is 0.264 e. The molecule has 0 aromatic heterocycles. The number of rotatable bonds is 16. The second-order valence-corrected chi connectivity index (χ2v) is 13.1. The lowest BCUT2D eigenvalue weighted by atomic mass is 10.0. The normalized spacial score (nSPS) is 11.7. The lowest BCUT2D eigenvalue weighted by Gasteiger charge is -2.34. The largest absolute Gasteiger partial charge is 0.497 e. The summed E-state index contributed by atoms with van der Waals surface area (Å²) in [5.74, 6) is 0.367. The Kier molecular flexibility index (Phi) is 12.5. The molecule has 0 radical (unpaired) electrons. The molecule has 0 spiro atoms. The minimum atomic E-state index is -4.28. The highest BCUT2D eigenvalue weighted by Gasteiger charge is 2.35. The van der Waals surface area contributed by atoms with Crippen molar-refractivity contribution in [2.45, 2.75) is 44.2 Å². The van der Waals surface area contributed by atoms with Gasteiger partial charge in [-0.25, -0.2) is 8.42 Å². The van der Waals surface area contributed by atoms with E-state index >= 15 is 0 Å². The van der Waals surface area contributed by atoms with Gasteiger partial charge in [0.2, 0.25) is 11.8 Å². The van der Waals surface area contributed by atoms with Gasteiger partial charge >= 0.3 is 0 Å². The number of aryl methyl sites for hydroxylation is 1. The van der Waals surface area contributed by atoms with Gasteiger partial charge in [0.05, 0.1) is 31.9 Å². The van der Waals surface area contributed by atoms with Crippen LogP contribution < -0.4 is 23.8 Å². The number of carbonyl (C=O) groups is 2. The van der Waals surface area contributed by atoms with Crippen molar-refractivity contribution in [3.05, 3.63) is 114 Å². The highest BCUT2D eigenvalue weighted by atomic mass is 32.2. The molecular weight excluding hydrogens is 630 g/mol. The number of sulfonamides is 1. The fourth-order valence-electron chi connectivity index (χ4n) is 5.23. The van der Waals surface area contributed by atoms with Crippen molar-refractivity contribution in [1.29, 1.82) is 0 Å². The topological polar surface area (TPSA) is 114 Å². The van der Waals surface area contributed by atoms with Crippen LogP contribution in [0.1, 0.15) is 30.0 Å². The van der Waals surface area contributed by atoms with Crippen molar-refractivity contribution in [2.75, 3.05) is 38.7 Å². The summed E-state index contributed by atoms with van der Waals surface area (Å²) >= 11 is 0. The van der Waals surface area contributed by atoms with Crippen LogP contribution in [0.15, 0.2) is 102 Å². The summed E-state index contributed by atoms with van der Waals surface area (Å²) < 4.78 is 46.0. The van der Waals surface area contributed by atoms with Crippen molar-refractivity contribution >= 4 is 27.5 Å². The molecule has 0 saturated heterocycles. The lowest BCUT2D eigenvalue weighted by molar-refractivity contribution is -0.140. The van der Waals surface area contributed by atoms with Crippen LogP contribution in [0.3, 0.4) is 0 Å². The van der Waals surface area contributed by atoms with Gasteiger partial charge in [0.15, 0.2) is 11.5 Å². The van der Waals surface area contributed by atoms with Gasteiger partial charge in [0.25, 0.3) is 10.0 Å². The van der Waals surface area contributed by atoms with Crippen LogP contribution in [0.25, 0.3) is 0 Å². The molecule has 0 heterocycles. The molecule has 1 atom stereocenters. The number of benzene rings is 4. The molecule has 10 nitrogen and oxygen atoms in total. The van der Waals surface area contributed by atoms with Gasteiger partial charge in [-0.2, -0.15) is 0 Å². The maximum absolute atomic E-state index is 14.7. The molecule has 4 rings (SSSR count). The molecule has 1 N–H and O–H groups in total. The number of methoxy groups -OCH3 is 3. The molecular formula is C37H43N3O7S. The molecule has 0 bridgehead atoms. The van der Waals surface area contributed by atoms with E-state index < -0.39 is 28.5 Å². The van der Waals surface area contributed by atoms with E-state index in [1.54, 1.807) is 49.6 Å². The van der Waals surface area contributed by atoms with E-state index in [-0.39, 0.29) is 29.5 Å². The van der Waals surface area contributed by atoms with Crippen LogP contribution in [-0.2, 0) is 32.6 Å². The van der Waals surface area contributed by atoms with Gasteiger partial charge in [-0.15, -0.1) is 0 Å². The Hall–Kier alpha value is -5.03. The van der Waals surface area contributed by atoms with E-state index in [0.717, 1.165) is 15.4 Å². The number of hydrogen-bond acceptors (Lipinski definition) is 7. The van der Waals surface area contributed by atoms with Crippen LogP contribution in [0.4, 0.5) is 5.69 Å². The van der Waals surface area contributed by atoms with Gasteiger partial charge in [-0.1, -0.05) is 67.1 Å². The second-order valence-electron chi connectivity index (χ2n) is 11.2. The van der Waals surface area contributed by atoms with E-state index in [9.17, 15) is 18.0 Å². The Labute approximate surface area is 283 Å². The molecule has 0 fully saturated rings. The summed E-state index contributed by atoms with van der Waals surface area (Å²) in [5.41, 5.74) is 2.64. The first-order chi connectivity index (χ1) is 23.1. The molecule has 0 aliphatic rings. The summed E-state index contributed by atoms with van der Waals surface area (Å²) in [7, 11) is 0.203. The van der Waals surface area contributed by atoms with E-state index in [1.165, 1.54) is 37.3 Å². The fourth-order valence-corrected chi connectivity index (χ4v) is 6.64. The minimum absolute atomic E-state index is 0.0107. The predicted octanol–water partition coefficient (Wildman–Crippen LogP) is 5.38. The number of anilines is 1. The Morgan fingerprint density at radius 2 is 1.48 bits per heavy atom. The first-order valence-corrected chi connectivity index (χ1v) is 17.1. The number of carbonyl (C=O) groups excluding carboxylic acids is 2. The summed E-state index contributed by atoms with van der Waals surface area (Å²) in [4.78, 5) is 30.0. The van der Waals surface area contributed by atoms with E-state index in [1.807, 2.05) is 50.2 Å². The Balaban J connectivity index is 1.84. The van der Waals surface area contributed by atoms with Crippen molar-refractivity contribution < 1.29 is 32.2 Å². The lowest BCUT2D eigenvalue weighted by Crippen LogP contribution is -2.53. The molecule has 254 valence electrons. The van der Waals surface area contributed by atoms with Gasteiger partial charge in [0.1, 0.15) is 18.3 Å². The SMILES string of the molecule is CCCNC(=O)[C@H](Cc1ccccc1)N(Cc1cccc(OC)c1)C(=O)CN(c1ccc(OC)c(OC)c1)S(=O)(=O)c1ccc(C)cc1. The zero-order valence-electron chi connectivity index (χ0n) is 28.0. The van der Waals surface area contributed by atoms with E-state index in [2.05, 4.69) is 5.32 Å². The van der Waals surface area contributed by atoms with Crippen molar-refractivity contribution in [3.63, 3.8) is 0 Å². The molecule has 2 amide bonds. The zero-order chi connectivity index (χ0) is 34.7. The number of nitrogens with one attached hydrogen (secondary N) is 1. The van der Waals surface area contributed by atoms with Gasteiger partial charge < -0.3 is 24.4 Å². The molecule has 0 aliphatic carbocycles. The van der Waals surface area contributed by atoms with Crippen LogP contribution in [0.5, 0.6) is 17.2 Å². The summed E-state index contributed by atoms with van der Waals surface area (Å²) in [6.45, 7) is 3.66. The Morgan fingerprint density at radius 1 is 0.792 bits per heavy atom. The molecule has 4 aromatic carbocycles. The fraction of sp³-hybridized carbons (Fsp3) is 0.297.